The third kappa shape index (κ3) is 3.26. The first-order valence-corrected chi connectivity index (χ1v) is 7.94. The number of amides is 1. The van der Waals surface area contributed by atoms with E-state index in [1.807, 2.05) is 0 Å². The maximum Gasteiger partial charge on any atom is 0.282 e. The normalized spacial score (nSPS) is 20.6. The van der Waals surface area contributed by atoms with Crippen LogP contribution < -0.4 is 5.32 Å². The quantitative estimate of drug-likeness (QED) is 0.665. The Bertz CT molecular complexity index is 673. The van der Waals surface area contributed by atoms with Crippen molar-refractivity contribution in [2.75, 3.05) is 11.5 Å². The number of nitro groups is 1. The highest BCUT2D eigenvalue weighted by molar-refractivity contribution is 7.91. The van der Waals surface area contributed by atoms with E-state index in [9.17, 15) is 23.3 Å². The van der Waals surface area contributed by atoms with Gasteiger partial charge in [0, 0.05) is 17.1 Å². The number of sulfone groups is 1. The van der Waals surface area contributed by atoms with Gasteiger partial charge in [-0.1, -0.05) is 11.6 Å². The van der Waals surface area contributed by atoms with Gasteiger partial charge in [-0.2, -0.15) is 0 Å². The summed E-state index contributed by atoms with van der Waals surface area (Å²) in [6.45, 7) is 0. The SMILES string of the molecule is O=C(NC1CCS(=O)(=O)C1)c1cc(Cl)ccc1[N+](=O)[O-]. The summed E-state index contributed by atoms with van der Waals surface area (Å²) < 4.78 is 22.6. The summed E-state index contributed by atoms with van der Waals surface area (Å²) in [5.41, 5.74) is -0.542. The molecule has 1 N–H and O–H groups in total. The van der Waals surface area contributed by atoms with Gasteiger partial charge < -0.3 is 5.32 Å². The minimum atomic E-state index is -3.13. The van der Waals surface area contributed by atoms with Crippen molar-refractivity contribution in [1.82, 2.24) is 5.32 Å². The predicted octanol–water partition coefficient (Wildman–Crippen LogP) is 1.17. The third-order valence-corrected chi connectivity index (χ3v) is 4.97. The van der Waals surface area contributed by atoms with Crippen molar-refractivity contribution in [3.8, 4) is 0 Å². The number of halogens is 1. The molecule has 1 heterocycles. The van der Waals surface area contributed by atoms with Gasteiger partial charge in [-0.3, -0.25) is 14.9 Å². The zero-order valence-electron chi connectivity index (χ0n) is 10.2. The molecule has 9 heteroatoms. The molecule has 2 rings (SSSR count). The Hall–Kier alpha value is -1.67. The highest BCUT2D eigenvalue weighted by Gasteiger charge is 2.30. The first-order chi connectivity index (χ1) is 9.28. The van der Waals surface area contributed by atoms with Gasteiger partial charge in [-0.05, 0) is 18.6 Å². The molecule has 1 aliphatic rings. The van der Waals surface area contributed by atoms with Crippen LogP contribution in [0.15, 0.2) is 18.2 Å². The molecule has 1 fully saturated rings. The van der Waals surface area contributed by atoms with Crippen LogP contribution in [-0.2, 0) is 9.84 Å². The van der Waals surface area contributed by atoms with Crippen LogP contribution in [-0.4, -0.2) is 36.8 Å². The van der Waals surface area contributed by atoms with Gasteiger partial charge >= 0.3 is 0 Å². The van der Waals surface area contributed by atoms with Crippen LogP contribution in [0.1, 0.15) is 16.8 Å². The monoisotopic (exact) mass is 318 g/mol. The van der Waals surface area contributed by atoms with Crippen LogP contribution in [0, 0.1) is 10.1 Å². The maximum absolute atomic E-state index is 12.0. The van der Waals surface area contributed by atoms with Crippen molar-refractivity contribution >= 4 is 33.0 Å². The molecule has 7 nitrogen and oxygen atoms in total. The molecular weight excluding hydrogens is 308 g/mol. The second-order valence-corrected chi connectivity index (χ2v) is 7.16. The van der Waals surface area contributed by atoms with Gasteiger partial charge in [0.2, 0.25) is 0 Å². The molecule has 1 aromatic rings. The molecule has 0 spiro atoms. The Kier molecular flexibility index (Phi) is 3.96. The summed E-state index contributed by atoms with van der Waals surface area (Å²) in [5.74, 6) is -0.829. The fraction of sp³-hybridized carbons (Fsp3) is 0.364. The fourth-order valence-corrected chi connectivity index (χ4v) is 3.87. The predicted molar refractivity (Wildman–Crippen MR) is 72.6 cm³/mol. The molecule has 0 bridgehead atoms. The Balaban J connectivity index is 2.21. The summed E-state index contributed by atoms with van der Waals surface area (Å²) in [4.78, 5) is 22.2. The van der Waals surface area contributed by atoms with Gasteiger partial charge in [0.05, 0.1) is 16.4 Å². The first kappa shape index (κ1) is 14.7. The topological polar surface area (TPSA) is 106 Å². The molecule has 1 aliphatic heterocycles. The van der Waals surface area contributed by atoms with Crippen LogP contribution >= 0.6 is 11.6 Å². The number of hydrogen-bond acceptors (Lipinski definition) is 5. The molecule has 0 aromatic heterocycles. The number of nitrogens with zero attached hydrogens (tertiary/aromatic N) is 1. The highest BCUT2D eigenvalue weighted by atomic mass is 35.5. The summed E-state index contributed by atoms with van der Waals surface area (Å²) in [5, 5.41) is 13.6. The Morgan fingerprint density at radius 2 is 2.15 bits per heavy atom. The van der Waals surface area contributed by atoms with Crippen molar-refractivity contribution in [2.45, 2.75) is 12.5 Å². The van der Waals surface area contributed by atoms with E-state index in [4.69, 9.17) is 11.6 Å². The number of hydrogen-bond donors (Lipinski definition) is 1. The lowest BCUT2D eigenvalue weighted by molar-refractivity contribution is -0.385. The Morgan fingerprint density at radius 3 is 2.70 bits per heavy atom. The average Bonchev–Trinajstić information content (AvgIpc) is 2.68. The third-order valence-electron chi connectivity index (χ3n) is 2.97. The number of carbonyl (C=O) groups excluding carboxylic acids is 1. The lowest BCUT2D eigenvalue weighted by Gasteiger charge is -2.11. The molecule has 1 atom stereocenters. The lowest BCUT2D eigenvalue weighted by Crippen LogP contribution is -2.35. The van der Waals surface area contributed by atoms with Crippen molar-refractivity contribution < 1.29 is 18.1 Å². The number of benzene rings is 1. The Labute approximate surface area is 120 Å². The zero-order valence-corrected chi connectivity index (χ0v) is 11.8. The minimum Gasteiger partial charge on any atom is -0.348 e. The molecule has 20 heavy (non-hydrogen) atoms. The van der Waals surface area contributed by atoms with Crippen LogP contribution in [0.2, 0.25) is 5.02 Å². The minimum absolute atomic E-state index is 0.00951. The second kappa shape index (κ2) is 5.37. The van der Waals surface area contributed by atoms with E-state index in [1.54, 1.807) is 0 Å². The van der Waals surface area contributed by atoms with Crippen LogP contribution in [0.25, 0.3) is 0 Å². The maximum atomic E-state index is 12.0. The molecule has 1 amide bonds. The zero-order chi connectivity index (χ0) is 14.9. The molecule has 0 radical (unpaired) electrons. The van der Waals surface area contributed by atoms with Crippen LogP contribution in [0.3, 0.4) is 0 Å². The molecular formula is C11H11ClN2O5S. The molecule has 1 unspecified atom stereocenters. The average molecular weight is 319 g/mol. The number of rotatable bonds is 3. The van der Waals surface area contributed by atoms with E-state index in [-0.39, 0.29) is 27.8 Å². The standard InChI is InChI=1S/C11H11ClN2O5S/c12-7-1-2-10(14(16)17)9(5-7)11(15)13-8-3-4-20(18,19)6-8/h1-2,5,8H,3-4,6H2,(H,13,15). The fourth-order valence-electron chi connectivity index (χ4n) is 2.02. The molecule has 1 saturated heterocycles. The number of nitrogens with one attached hydrogen (secondary N) is 1. The highest BCUT2D eigenvalue weighted by Crippen LogP contribution is 2.23. The largest absolute Gasteiger partial charge is 0.348 e. The van der Waals surface area contributed by atoms with Gasteiger partial charge in [-0.25, -0.2) is 8.42 Å². The molecule has 1 aromatic carbocycles. The van der Waals surface area contributed by atoms with Crippen molar-refractivity contribution in [3.63, 3.8) is 0 Å². The van der Waals surface area contributed by atoms with E-state index in [1.165, 1.54) is 12.1 Å². The van der Waals surface area contributed by atoms with Crippen LogP contribution in [0.5, 0.6) is 0 Å². The second-order valence-electron chi connectivity index (χ2n) is 4.49. The van der Waals surface area contributed by atoms with Crippen LogP contribution in [0.4, 0.5) is 5.69 Å². The Morgan fingerprint density at radius 1 is 1.45 bits per heavy atom. The number of nitro benzene ring substituents is 1. The van der Waals surface area contributed by atoms with E-state index in [0.717, 1.165) is 6.07 Å². The number of carbonyl (C=O) groups is 1. The van der Waals surface area contributed by atoms with Gasteiger partial charge in [-0.15, -0.1) is 0 Å². The van der Waals surface area contributed by atoms with Gasteiger partial charge in [0.1, 0.15) is 5.56 Å². The summed E-state index contributed by atoms with van der Waals surface area (Å²) in [7, 11) is -3.13. The van der Waals surface area contributed by atoms with Gasteiger partial charge in [0.25, 0.3) is 11.6 Å². The smallest absolute Gasteiger partial charge is 0.282 e. The summed E-state index contributed by atoms with van der Waals surface area (Å²) >= 11 is 5.73. The van der Waals surface area contributed by atoms with E-state index in [2.05, 4.69) is 5.32 Å². The summed E-state index contributed by atoms with van der Waals surface area (Å²) in [6.07, 6.45) is 0.308. The van der Waals surface area contributed by atoms with Crippen molar-refractivity contribution in [2.24, 2.45) is 0 Å². The van der Waals surface area contributed by atoms with E-state index in [0.29, 0.717) is 6.42 Å². The molecule has 0 aliphatic carbocycles. The van der Waals surface area contributed by atoms with E-state index < -0.39 is 26.7 Å². The van der Waals surface area contributed by atoms with E-state index >= 15 is 0 Å². The molecule has 0 saturated carbocycles. The molecule has 108 valence electrons. The van der Waals surface area contributed by atoms with Crippen molar-refractivity contribution in [3.05, 3.63) is 38.9 Å². The summed E-state index contributed by atoms with van der Waals surface area (Å²) in [6, 6.07) is 3.13. The van der Waals surface area contributed by atoms with Gasteiger partial charge in [0.15, 0.2) is 9.84 Å². The lowest BCUT2D eigenvalue weighted by atomic mass is 10.1. The van der Waals surface area contributed by atoms with Crippen molar-refractivity contribution in [1.29, 1.82) is 0 Å². The first-order valence-electron chi connectivity index (χ1n) is 5.74.